The van der Waals surface area contributed by atoms with Gasteiger partial charge in [0.15, 0.2) is 11.5 Å². The number of nitrogens with one attached hydrogen (secondary N) is 2. The molecule has 1 aromatic rings. The van der Waals surface area contributed by atoms with Gasteiger partial charge in [-0.2, -0.15) is 13.2 Å². The van der Waals surface area contributed by atoms with Crippen LogP contribution in [0.3, 0.4) is 0 Å². The van der Waals surface area contributed by atoms with Gasteiger partial charge in [-0.1, -0.05) is 11.6 Å². The lowest BCUT2D eigenvalue weighted by molar-refractivity contribution is -0.317. The molecular weight excluding hydrogens is 341 g/mol. The van der Waals surface area contributed by atoms with Crippen molar-refractivity contribution >= 4 is 17.6 Å². The molecule has 0 aromatic heterocycles. The Morgan fingerprint density at radius 3 is 2.65 bits per heavy atom. The summed E-state index contributed by atoms with van der Waals surface area (Å²) >= 11 is 5.71. The van der Waals surface area contributed by atoms with E-state index >= 15 is 0 Å². The second kappa shape index (κ2) is 6.32. The van der Waals surface area contributed by atoms with Crippen LogP contribution < -0.4 is 20.1 Å². The molecular formula is C13H14ClF3N2O4. The molecule has 1 aliphatic heterocycles. The Bertz CT molecular complexity index is 599. The topological polar surface area (TPSA) is 68.8 Å². The Hall–Kier alpha value is -1.87. The Balaban J connectivity index is 2.18. The number of hydrogen-bond acceptors (Lipinski definition) is 4. The predicted octanol–water partition coefficient (Wildman–Crippen LogP) is 2.66. The second-order valence-electron chi connectivity index (χ2n) is 4.86. The average Bonchev–Trinajstić information content (AvgIpc) is 2.76. The van der Waals surface area contributed by atoms with Crippen molar-refractivity contribution in [3.05, 3.63) is 23.2 Å². The molecule has 1 heterocycles. The van der Waals surface area contributed by atoms with Gasteiger partial charge in [0.05, 0.1) is 12.6 Å². The summed E-state index contributed by atoms with van der Waals surface area (Å²) in [5, 5.41) is 4.12. The number of halogens is 4. The van der Waals surface area contributed by atoms with Crippen LogP contribution in [0, 0.1) is 0 Å². The van der Waals surface area contributed by atoms with E-state index in [0.717, 1.165) is 6.07 Å². The Labute approximate surface area is 134 Å². The summed E-state index contributed by atoms with van der Waals surface area (Å²) in [5.74, 6) is -3.73. The van der Waals surface area contributed by atoms with Crippen LogP contribution >= 0.6 is 11.6 Å². The summed E-state index contributed by atoms with van der Waals surface area (Å²) < 4.78 is 54.6. The van der Waals surface area contributed by atoms with Gasteiger partial charge in [-0.05, 0) is 19.1 Å². The average molecular weight is 355 g/mol. The SMILES string of the molecule is COC[C@H](C)NC(=O)N[C@]1(C(F)(F)F)Oc2ccc(Cl)cc2O1. The van der Waals surface area contributed by atoms with E-state index in [0.29, 0.717) is 0 Å². The highest BCUT2D eigenvalue weighted by molar-refractivity contribution is 6.30. The van der Waals surface area contributed by atoms with Gasteiger partial charge in [-0.25, -0.2) is 4.79 Å². The zero-order chi connectivity index (χ0) is 17.3. The molecule has 2 N–H and O–H groups in total. The summed E-state index contributed by atoms with van der Waals surface area (Å²) in [6.07, 6.45) is -5.03. The quantitative estimate of drug-likeness (QED) is 0.872. The third kappa shape index (κ3) is 3.73. The molecule has 6 nitrogen and oxygen atoms in total. The van der Waals surface area contributed by atoms with Crippen molar-refractivity contribution in [1.82, 2.24) is 10.6 Å². The molecule has 10 heteroatoms. The number of alkyl halides is 3. The van der Waals surface area contributed by atoms with Gasteiger partial charge in [0.2, 0.25) is 0 Å². The number of benzene rings is 1. The van der Waals surface area contributed by atoms with E-state index in [1.54, 1.807) is 12.2 Å². The van der Waals surface area contributed by atoms with Gasteiger partial charge in [0, 0.05) is 18.2 Å². The van der Waals surface area contributed by atoms with Crippen molar-refractivity contribution in [2.45, 2.75) is 25.1 Å². The van der Waals surface area contributed by atoms with Crippen molar-refractivity contribution < 1.29 is 32.2 Å². The maximum atomic E-state index is 13.4. The fourth-order valence-corrected chi connectivity index (χ4v) is 2.08. The number of rotatable bonds is 4. The Kier molecular flexibility index (Phi) is 4.81. The highest BCUT2D eigenvalue weighted by atomic mass is 35.5. The van der Waals surface area contributed by atoms with Crippen LogP contribution in [0.5, 0.6) is 11.5 Å². The van der Waals surface area contributed by atoms with Crippen LogP contribution in [0.25, 0.3) is 0 Å². The summed E-state index contributed by atoms with van der Waals surface area (Å²) in [7, 11) is 1.40. The Morgan fingerprint density at radius 1 is 1.39 bits per heavy atom. The van der Waals surface area contributed by atoms with E-state index < -0.39 is 24.2 Å². The number of hydrogen-bond donors (Lipinski definition) is 2. The molecule has 0 unspecified atom stereocenters. The number of carbonyl (C=O) groups excluding carboxylic acids is 1. The fourth-order valence-electron chi connectivity index (χ4n) is 1.92. The molecule has 2 amide bonds. The fraction of sp³-hybridized carbons (Fsp3) is 0.462. The molecule has 2 atom stereocenters. The minimum absolute atomic E-state index is 0.129. The molecule has 2 rings (SSSR count). The summed E-state index contributed by atoms with van der Waals surface area (Å²) in [6.45, 7) is 1.69. The number of ether oxygens (including phenoxy) is 3. The lowest BCUT2D eigenvalue weighted by atomic mass is 10.3. The zero-order valence-corrected chi connectivity index (χ0v) is 12.9. The molecule has 0 saturated carbocycles. The van der Waals surface area contributed by atoms with Gasteiger partial charge < -0.3 is 19.5 Å². The van der Waals surface area contributed by atoms with E-state index in [4.69, 9.17) is 25.8 Å². The van der Waals surface area contributed by atoms with Crippen LogP contribution in [-0.4, -0.2) is 37.9 Å². The third-order valence-corrected chi connectivity index (χ3v) is 3.09. The molecule has 23 heavy (non-hydrogen) atoms. The van der Waals surface area contributed by atoms with Crippen LogP contribution in [-0.2, 0) is 4.74 Å². The summed E-state index contributed by atoms with van der Waals surface area (Å²) in [5.41, 5.74) is 0. The molecule has 128 valence electrons. The van der Waals surface area contributed by atoms with E-state index in [-0.39, 0.29) is 23.1 Å². The first-order chi connectivity index (χ1) is 10.7. The minimum Gasteiger partial charge on any atom is -0.424 e. The Morgan fingerprint density at radius 2 is 2.04 bits per heavy atom. The monoisotopic (exact) mass is 354 g/mol. The number of urea groups is 1. The number of amides is 2. The predicted molar refractivity (Wildman–Crippen MR) is 74.5 cm³/mol. The lowest BCUT2D eigenvalue weighted by Crippen LogP contribution is -2.66. The molecule has 1 aromatic carbocycles. The first-order valence-corrected chi connectivity index (χ1v) is 6.86. The van der Waals surface area contributed by atoms with Crippen molar-refractivity contribution in [3.63, 3.8) is 0 Å². The molecule has 0 radical (unpaired) electrons. The number of methoxy groups -OCH3 is 1. The number of carbonyl (C=O) groups is 1. The van der Waals surface area contributed by atoms with Crippen LogP contribution in [0.4, 0.5) is 18.0 Å². The lowest BCUT2D eigenvalue weighted by Gasteiger charge is -2.30. The van der Waals surface area contributed by atoms with Gasteiger partial charge in [0.25, 0.3) is 0 Å². The van der Waals surface area contributed by atoms with Crippen molar-refractivity contribution in [1.29, 1.82) is 0 Å². The number of fused-ring (bicyclic) bond motifs is 1. The maximum Gasteiger partial charge on any atom is 0.492 e. The standard InChI is InChI=1S/C13H14ClF3N2O4/c1-7(6-21-2)18-11(20)19-13(12(15,16)17)22-9-4-3-8(14)5-10(9)23-13/h3-5,7H,6H2,1-2H3,(H2,18,19,20)/t7-,13+/m0/s1. The molecule has 0 saturated heterocycles. The normalized spacial score (nSPS) is 21.0. The largest absolute Gasteiger partial charge is 0.492 e. The summed E-state index contributed by atoms with van der Waals surface area (Å²) in [6, 6.07) is 2.10. The molecule has 0 aliphatic carbocycles. The second-order valence-corrected chi connectivity index (χ2v) is 5.30. The highest BCUT2D eigenvalue weighted by Gasteiger charge is 2.65. The minimum atomic E-state index is -5.03. The van der Waals surface area contributed by atoms with Gasteiger partial charge in [0.1, 0.15) is 0 Å². The van der Waals surface area contributed by atoms with Crippen LogP contribution in [0.15, 0.2) is 18.2 Å². The maximum absolute atomic E-state index is 13.4. The van der Waals surface area contributed by atoms with E-state index in [1.165, 1.54) is 19.2 Å². The van der Waals surface area contributed by atoms with Gasteiger partial charge in [-0.3, -0.25) is 5.32 Å². The first-order valence-electron chi connectivity index (χ1n) is 6.49. The summed E-state index contributed by atoms with van der Waals surface area (Å²) in [4.78, 5) is 11.8. The van der Waals surface area contributed by atoms with E-state index in [2.05, 4.69) is 5.32 Å². The smallest absolute Gasteiger partial charge is 0.424 e. The molecule has 0 fully saturated rings. The van der Waals surface area contributed by atoms with Crippen molar-refractivity contribution in [3.8, 4) is 11.5 Å². The van der Waals surface area contributed by atoms with Crippen LogP contribution in [0.1, 0.15) is 6.92 Å². The molecule has 0 bridgehead atoms. The molecule has 1 aliphatic rings. The van der Waals surface area contributed by atoms with Gasteiger partial charge >= 0.3 is 18.1 Å². The highest BCUT2D eigenvalue weighted by Crippen LogP contribution is 2.45. The van der Waals surface area contributed by atoms with E-state index in [9.17, 15) is 18.0 Å². The third-order valence-electron chi connectivity index (χ3n) is 2.86. The zero-order valence-electron chi connectivity index (χ0n) is 12.2. The van der Waals surface area contributed by atoms with Crippen LogP contribution in [0.2, 0.25) is 5.02 Å². The molecule has 0 spiro atoms. The van der Waals surface area contributed by atoms with Crippen molar-refractivity contribution in [2.24, 2.45) is 0 Å². The first kappa shape index (κ1) is 17.5. The van der Waals surface area contributed by atoms with E-state index in [1.807, 2.05) is 0 Å². The van der Waals surface area contributed by atoms with Gasteiger partial charge in [-0.15, -0.1) is 0 Å². The van der Waals surface area contributed by atoms with Crippen molar-refractivity contribution in [2.75, 3.05) is 13.7 Å².